The van der Waals surface area contributed by atoms with Crippen LogP contribution in [0.15, 0.2) is 63.7 Å². The summed E-state index contributed by atoms with van der Waals surface area (Å²) in [5.41, 5.74) is 2.70. The van der Waals surface area contributed by atoms with Gasteiger partial charge >= 0.3 is 0 Å². The maximum atomic E-state index is 13.3. The highest BCUT2D eigenvalue weighted by molar-refractivity contribution is 6.53. The van der Waals surface area contributed by atoms with Gasteiger partial charge in [0.25, 0.3) is 0 Å². The SMILES string of the molecule is CC(C)=CCC/C(C)=C/CN=CC1=C2C(=O)C(=O)c3cc4c(O)ccc(O)c4cc3[C@]2(C)CCC1=O. The highest BCUT2D eigenvalue weighted by atomic mass is 16.3. The lowest BCUT2D eigenvalue weighted by molar-refractivity contribution is -0.118. The second-order valence-corrected chi connectivity index (χ2v) is 10.1. The molecule has 0 fully saturated rings. The minimum atomic E-state index is -0.891. The summed E-state index contributed by atoms with van der Waals surface area (Å²) in [6.45, 7) is 8.40. The van der Waals surface area contributed by atoms with E-state index >= 15 is 0 Å². The Labute approximate surface area is 210 Å². The van der Waals surface area contributed by atoms with E-state index < -0.39 is 17.0 Å². The van der Waals surface area contributed by atoms with Gasteiger partial charge in [0.1, 0.15) is 11.5 Å². The molecule has 0 saturated carbocycles. The molecule has 0 aliphatic heterocycles. The highest BCUT2D eigenvalue weighted by Gasteiger charge is 2.49. The lowest BCUT2D eigenvalue weighted by Crippen LogP contribution is -2.44. The number of rotatable bonds is 6. The molecule has 36 heavy (non-hydrogen) atoms. The minimum Gasteiger partial charge on any atom is -0.507 e. The number of phenols is 2. The summed E-state index contributed by atoms with van der Waals surface area (Å²) in [6, 6.07) is 5.86. The van der Waals surface area contributed by atoms with Crippen LogP contribution in [0.1, 0.15) is 69.3 Å². The van der Waals surface area contributed by atoms with Crippen LogP contribution in [0.3, 0.4) is 0 Å². The monoisotopic (exact) mass is 485 g/mol. The molecule has 2 N–H and O–H groups in total. The van der Waals surface area contributed by atoms with Crippen LogP contribution in [0.25, 0.3) is 10.8 Å². The van der Waals surface area contributed by atoms with Crippen molar-refractivity contribution in [3.63, 3.8) is 0 Å². The number of ketones is 3. The van der Waals surface area contributed by atoms with Gasteiger partial charge in [-0.25, -0.2) is 0 Å². The molecule has 0 spiro atoms. The lowest BCUT2D eigenvalue weighted by Gasteiger charge is -2.40. The summed E-state index contributed by atoms with van der Waals surface area (Å²) in [5, 5.41) is 21.4. The predicted octanol–water partition coefficient (Wildman–Crippen LogP) is 5.70. The van der Waals surface area contributed by atoms with Gasteiger partial charge in [0.05, 0.1) is 6.54 Å². The van der Waals surface area contributed by atoms with Crippen LogP contribution in [0.2, 0.25) is 0 Å². The largest absolute Gasteiger partial charge is 0.507 e. The Morgan fingerprint density at radius 3 is 2.33 bits per heavy atom. The number of Topliss-reactive ketones (excluding diaryl/α,β-unsaturated/α-hetero) is 3. The van der Waals surface area contributed by atoms with Crippen molar-refractivity contribution in [3.05, 3.63) is 69.8 Å². The molecule has 2 aromatic carbocycles. The van der Waals surface area contributed by atoms with E-state index in [0.717, 1.165) is 12.8 Å². The smallest absolute Gasteiger partial charge is 0.233 e. The number of carbonyl (C=O) groups is 3. The molecular weight excluding hydrogens is 454 g/mol. The van der Waals surface area contributed by atoms with Crippen molar-refractivity contribution in [1.29, 1.82) is 0 Å². The van der Waals surface area contributed by atoms with Crippen LogP contribution in [-0.4, -0.2) is 40.3 Å². The molecule has 4 rings (SSSR count). The van der Waals surface area contributed by atoms with Crippen molar-refractivity contribution >= 4 is 34.3 Å². The fourth-order valence-electron chi connectivity index (χ4n) is 5.12. The van der Waals surface area contributed by atoms with Gasteiger partial charge in [0, 0.05) is 45.5 Å². The van der Waals surface area contributed by atoms with E-state index in [1.54, 1.807) is 6.07 Å². The first-order valence-electron chi connectivity index (χ1n) is 12.2. The molecule has 186 valence electrons. The Hall–Kier alpha value is -3.80. The van der Waals surface area contributed by atoms with E-state index in [0.29, 0.717) is 29.3 Å². The van der Waals surface area contributed by atoms with Crippen LogP contribution < -0.4 is 0 Å². The number of fused-ring (bicyclic) bond motifs is 4. The van der Waals surface area contributed by atoms with Crippen LogP contribution in [-0.2, 0) is 15.0 Å². The number of hydrogen-bond acceptors (Lipinski definition) is 6. The van der Waals surface area contributed by atoms with E-state index in [4.69, 9.17) is 0 Å². The van der Waals surface area contributed by atoms with Crippen molar-refractivity contribution < 1.29 is 24.6 Å². The first kappa shape index (κ1) is 25.3. The molecule has 0 saturated heterocycles. The number of aliphatic imine (C=N–C) groups is 1. The van der Waals surface area contributed by atoms with Gasteiger partial charge in [-0.05, 0) is 69.9 Å². The van der Waals surface area contributed by atoms with Crippen molar-refractivity contribution in [2.45, 2.75) is 58.8 Å². The first-order valence-corrected chi connectivity index (χ1v) is 12.2. The quantitative estimate of drug-likeness (QED) is 0.236. The summed E-state index contributed by atoms with van der Waals surface area (Å²) in [6.07, 6.45) is 8.07. The van der Waals surface area contributed by atoms with Gasteiger partial charge in [-0.15, -0.1) is 0 Å². The normalized spacial score (nSPS) is 20.2. The third-order valence-corrected chi connectivity index (χ3v) is 7.21. The van der Waals surface area contributed by atoms with E-state index in [-0.39, 0.29) is 40.4 Å². The Kier molecular flexibility index (Phi) is 6.81. The zero-order chi connectivity index (χ0) is 26.2. The van der Waals surface area contributed by atoms with Crippen LogP contribution in [0.4, 0.5) is 0 Å². The molecule has 2 aliphatic carbocycles. The zero-order valence-corrected chi connectivity index (χ0v) is 21.1. The van der Waals surface area contributed by atoms with Gasteiger partial charge in [0.15, 0.2) is 5.78 Å². The van der Waals surface area contributed by atoms with Gasteiger partial charge < -0.3 is 10.2 Å². The molecule has 6 nitrogen and oxygen atoms in total. The maximum Gasteiger partial charge on any atom is 0.233 e. The molecule has 1 atom stereocenters. The van der Waals surface area contributed by atoms with Crippen LogP contribution in [0, 0.1) is 0 Å². The number of aromatic hydroxyl groups is 2. The number of nitrogens with zero attached hydrogens (tertiary/aromatic N) is 1. The molecule has 6 heteroatoms. The first-order chi connectivity index (χ1) is 17.0. The topological polar surface area (TPSA) is 104 Å². The van der Waals surface area contributed by atoms with E-state index in [9.17, 15) is 24.6 Å². The Morgan fingerprint density at radius 2 is 1.67 bits per heavy atom. The van der Waals surface area contributed by atoms with Crippen molar-refractivity contribution in [1.82, 2.24) is 0 Å². The summed E-state index contributed by atoms with van der Waals surface area (Å²) < 4.78 is 0. The number of carbonyl (C=O) groups excluding carboxylic acids is 3. The molecule has 2 aromatic rings. The number of allylic oxidation sites excluding steroid dienone is 5. The van der Waals surface area contributed by atoms with Crippen LogP contribution >= 0.6 is 0 Å². The molecular formula is C30H31NO5. The van der Waals surface area contributed by atoms with Gasteiger partial charge in [-0.1, -0.05) is 30.2 Å². The number of phenolic OH excluding ortho intramolecular Hbond substituents is 2. The van der Waals surface area contributed by atoms with Crippen molar-refractivity contribution in [3.8, 4) is 11.5 Å². The number of benzene rings is 2. The molecule has 0 heterocycles. The molecule has 0 amide bonds. The molecule has 0 radical (unpaired) electrons. The zero-order valence-electron chi connectivity index (χ0n) is 21.1. The Morgan fingerprint density at radius 1 is 1.00 bits per heavy atom. The second-order valence-electron chi connectivity index (χ2n) is 10.1. The third-order valence-electron chi connectivity index (χ3n) is 7.21. The minimum absolute atomic E-state index is 0.0375. The van der Waals surface area contributed by atoms with Gasteiger partial charge in [0.2, 0.25) is 11.6 Å². The standard InChI is InChI=1S/C30H31NO5/c1-17(2)6-5-7-18(3)11-13-31-16-22-26(34)10-12-30(4)23-15-20-19(24(32)8-9-25(20)33)14-21(23)28(35)29(36)27(22)30/h6,8-9,11,14-16,32-33H,5,7,10,12-13H2,1-4H3/b18-11+,31-16?/t30-/m0/s1. The summed E-state index contributed by atoms with van der Waals surface area (Å²) in [5.74, 6) is -1.77. The molecule has 0 bridgehead atoms. The highest BCUT2D eigenvalue weighted by Crippen LogP contribution is 2.49. The van der Waals surface area contributed by atoms with E-state index in [1.807, 2.05) is 19.9 Å². The van der Waals surface area contributed by atoms with Crippen molar-refractivity contribution in [2.24, 2.45) is 4.99 Å². The average Bonchev–Trinajstić information content (AvgIpc) is 2.83. The summed E-state index contributed by atoms with van der Waals surface area (Å²) in [7, 11) is 0. The van der Waals surface area contributed by atoms with Crippen molar-refractivity contribution in [2.75, 3.05) is 6.54 Å². The number of hydrogen-bond donors (Lipinski definition) is 2. The summed E-state index contributed by atoms with van der Waals surface area (Å²) >= 11 is 0. The fourth-order valence-corrected chi connectivity index (χ4v) is 5.12. The lowest BCUT2D eigenvalue weighted by atomic mass is 9.60. The fraction of sp³-hybridized carbons (Fsp3) is 0.333. The average molecular weight is 486 g/mol. The predicted molar refractivity (Wildman–Crippen MR) is 141 cm³/mol. The summed E-state index contributed by atoms with van der Waals surface area (Å²) in [4.78, 5) is 43.8. The Balaban J connectivity index is 1.75. The second kappa shape index (κ2) is 9.69. The van der Waals surface area contributed by atoms with Crippen LogP contribution in [0.5, 0.6) is 11.5 Å². The molecule has 2 aliphatic rings. The molecule has 0 unspecified atom stereocenters. The van der Waals surface area contributed by atoms with Gasteiger partial charge in [-0.3, -0.25) is 19.4 Å². The molecule has 0 aromatic heterocycles. The third kappa shape index (κ3) is 4.43. The maximum absolute atomic E-state index is 13.3. The Bertz CT molecular complexity index is 1420. The van der Waals surface area contributed by atoms with E-state index in [2.05, 4.69) is 24.9 Å². The van der Waals surface area contributed by atoms with E-state index in [1.165, 1.54) is 35.6 Å². The van der Waals surface area contributed by atoms with Gasteiger partial charge in [-0.2, -0.15) is 0 Å².